The maximum absolute atomic E-state index is 12.3. The van der Waals surface area contributed by atoms with Crippen molar-refractivity contribution in [2.24, 2.45) is 5.73 Å². The lowest BCUT2D eigenvalue weighted by Crippen LogP contribution is -2.39. The van der Waals surface area contributed by atoms with Crippen molar-refractivity contribution in [3.05, 3.63) is 23.8 Å². The van der Waals surface area contributed by atoms with Gasteiger partial charge in [0.05, 0.1) is 0 Å². The largest absolute Gasteiger partial charge is 0.486 e. The number of rotatable bonds is 9. The molecule has 2 aliphatic rings. The Hall–Kier alpha value is -1.75. The van der Waals surface area contributed by atoms with Crippen LogP contribution in [0.25, 0.3) is 0 Å². The summed E-state index contributed by atoms with van der Waals surface area (Å²) < 4.78 is 11.4. The summed E-state index contributed by atoms with van der Waals surface area (Å²) in [7, 11) is 0. The summed E-state index contributed by atoms with van der Waals surface area (Å²) in [5, 5.41) is 3.20. The fraction of sp³-hybridized carbons (Fsp3) is 0.667. The van der Waals surface area contributed by atoms with Crippen molar-refractivity contribution < 1.29 is 14.3 Å². The second-order valence-corrected chi connectivity index (χ2v) is 7.58. The number of unbranched alkanes of at least 4 members (excludes halogenated alkanes) is 3. The number of fused-ring (bicyclic) bond motifs is 1. The van der Waals surface area contributed by atoms with Gasteiger partial charge >= 0.3 is 0 Å². The minimum atomic E-state index is 0.0328. The van der Waals surface area contributed by atoms with E-state index in [1.165, 1.54) is 18.4 Å². The van der Waals surface area contributed by atoms with E-state index in [4.69, 9.17) is 15.2 Å². The van der Waals surface area contributed by atoms with Crippen LogP contribution in [0, 0.1) is 0 Å². The molecule has 1 fully saturated rings. The topological polar surface area (TPSA) is 73.6 Å². The number of hydrogen-bond donors (Lipinski definition) is 2. The molecule has 5 heteroatoms. The maximum atomic E-state index is 12.3. The fourth-order valence-corrected chi connectivity index (χ4v) is 4.13. The van der Waals surface area contributed by atoms with Crippen LogP contribution in [0.15, 0.2) is 18.2 Å². The number of hydrogen-bond acceptors (Lipinski definition) is 4. The highest BCUT2D eigenvalue weighted by Crippen LogP contribution is 2.43. The molecule has 0 spiro atoms. The predicted octanol–water partition coefficient (Wildman–Crippen LogP) is 3.30. The highest BCUT2D eigenvalue weighted by Gasteiger charge is 2.36. The molecule has 1 saturated carbocycles. The van der Waals surface area contributed by atoms with Gasteiger partial charge in [-0.1, -0.05) is 31.7 Å². The first-order valence-electron chi connectivity index (χ1n) is 10.1. The van der Waals surface area contributed by atoms with Gasteiger partial charge in [0.2, 0.25) is 5.91 Å². The van der Waals surface area contributed by atoms with Crippen molar-refractivity contribution in [2.75, 3.05) is 26.3 Å². The Labute approximate surface area is 156 Å². The standard InChI is InChI=1S/C21H32N2O3/c22-12-6-2-1-3-7-20(24)23-16-21(10-4-5-11-21)17-8-9-18-19(15-17)26-14-13-25-18/h8-9,15H,1-7,10-14,16,22H2,(H,23,24). The molecule has 0 unspecified atom stereocenters. The van der Waals surface area contributed by atoms with Crippen LogP contribution in [0.4, 0.5) is 0 Å². The molecular weight excluding hydrogens is 328 g/mol. The van der Waals surface area contributed by atoms with E-state index in [0.29, 0.717) is 26.2 Å². The lowest BCUT2D eigenvalue weighted by molar-refractivity contribution is -0.121. The van der Waals surface area contributed by atoms with Crippen LogP contribution in [0.3, 0.4) is 0 Å². The summed E-state index contributed by atoms with van der Waals surface area (Å²) in [4.78, 5) is 12.3. The number of benzene rings is 1. The quantitative estimate of drug-likeness (QED) is 0.663. The van der Waals surface area contributed by atoms with Crippen LogP contribution < -0.4 is 20.5 Å². The summed E-state index contributed by atoms with van der Waals surface area (Å²) in [6.45, 7) is 2.67. The molecule has 26 heavy (non-hydrogen) atoms. The molecule has 0 saturated heterocycles. The van der Waals surface area contributed by atoms with E-state index in [1.807, 2.05) is 6.07 Å². The molecule has 1 aliphatic carbocycles. The Kier molecular flexibility index (Phi) is 6.78. The molecule has 0 bridgehead atoms. The van der Waals surface area contributed by atoms with E-state index in [-0.39, 0.29) is 11.3 Å². The number of ether oxygens (including phenoxy) is 2. The number of carbonyl (C=O) groups excluding carboxylic acids is 1. The molecule has 0 radical (unpaired) electrons. The normalized spacial score (nSPS) is 17.9. The molecule has 1 aromatic rings. The lowest BCUT2D eigenvalue weighted by Gasteiger charge is -2.31. The smallest absolute Gasteiger partial charge is 0.220 e. The van der Waals surface area contributed by atoms with E-state index in [2.05, 4.69) is 17.4 Å². The molecule has 0 aromatic heterocycles. The summed E-state index contributed by atoms with van der Waals surface area (Å²) in [6.07, 6.45) is 9.46. The van der Waals surface area contributed by atoms with Crippen LogP contribution >= 0.6 is 0 Å². The Morgan fingerprint density at radius 1 is 1.04 bits per heavy atom. The van der Waals surface area contributed by atoms with Crippen LogP contribution in [0.2, 0.25) is 0 Å². The third kappa shape index (κ3) is 4.70. The van der Waals surface area contributed by atoms with Crippen molar-refractivity contribution in [1.29, 1.82) is 0 Å². The lowest BCUT2D eigenvalue weighted by atomic mass is 9.78. The predicted molar refractivity (Wildman–Crippen MR) is 103 cm³/mol. The minimum Gasteiger partial charge on any atom is -0.486 e. The minimum absolute atomic E-state index is 0.0328. The fourth-order valence-electron chi connectivity index (χ4n) is 4.13. The Balaban J connectivity index is 1.57. The first kappa shape index (κ1) is 19.0. The van der Waals surface area contributed by atoms with Crippen molar-refractivity contribution >= 4 is 5.91 Å². The van der Waals surface area contributed by atoms with Crippen molar-refractivity contribution in [1.82, 2.24) is 5.32 Å². The van der Waals surface area contributed by atoms with E-state index in [9.17, 15) is 4.79 Å². The van der Waals surface area contributed by atoms with E-state index >= 15 is 0 Å². The maximum Gasteiger partial charge on any atom is 0.220 e. The summed E-state index contributed by atoms with van der Waals surface area (Å²) in [5.74, 6) is 1.84. The molecular formula is C21H32N2O3. The zero-order valence-electron chi connectivity index (χ0n) is 15.7. The van der Waals surface area contributed by atoms with Crippen molar-refractivity contribution in [3.8, 4) is 11.5 Å². The second kappa shape index (κ2) is 9.26. The van der Waals surface area contributed by atoms with Gasteiger partial charge in [-0.3, -0.25) is 4.79 Å². The number of nitrogens with two attached hydrogens (primary N) is 1. The van der Waals surface area contributed by atoms with Crippen LogP contribution in [0.1, 0.15) is 63.4 Å². The third-order valence-corrected chi connectivity index (χ3v) is 5.70. The molecule has 3 N–H and O–H groups in total. The summed E-state index contributed by atoms with van der Waals surface area (Å²) in [6, 6.07) is 6.29. The van der Waals surface area contributed by atoms with Gasteiger partial charge in [0, 0.05) is 18.4 Å². The second-order valence-electron chi connectivity index (χ2n) is 7.58. The van der Waals surface area contributed by atoms with Gasteiger partial charge in [0.25, 0.3) is 0 Å². The monoisotopic (exact) mass is 360 g/mol. The Bertz CT molecular complexity index is 597. The van der Waals surface area contributed by atoms with Crippen LogP contribution in [-0.4, -0.2) is 32.2 Å². The zero-order valence-corrected chi connectivity index (χ0v) is 15.7. The molecule has 5 nitrogen and oxygen atoms in total. The average molecular weight is 360 g/mol. The first-order valence-corrected chi connectivity index (χ1v) is 10.1. The van der Waals surface area contributed by atoms with Gasteiger partial charge in [0.15, 0.2) is 11.5 Å². The van der Waals surface area contributed by atoms with Gasteiger partial charge in [0.1, 0.15) is 13.2 Å². The van der Waals surface area contributed by atoms with Crippen LogP contribution in [0.5, 0.6) is 11.5 Å². The molecule has 144 valence electrons. The summed E-state index contributed by atoms with van der Waals surface area (Å²) >= 11 is 0. The average Bonchev–Trinajstić information content (AvgIpc) is 3.16. The highest BCUT2D eigenvalue weighted by atomic mass is 16.6. The number of nitrogens with one attached hydrogen (secondary N) is 1. The zero-order chi connectivity index (χ0) is 18.2. The van der Waals surface area contributed by atoms with E-state index in [0.717, 1.165) is 56.6 Å². The van der Waals surface area contributed by atoms with Gasteiger partial charge in [-0.2, -0.15) is 0 Å². The molecule has 1 heterocycles. The molecule has 1 aliphatic heterocycles. The molecule has 3 rings (SSSR count). The first-order chi connectivity index (χ1) is 12.7. The van der Waals surface area contributed by atoms with E-state index < -0.39 is 0 Å². The van der Waals surface area contributed by atoms with Crippen LogP contribution in [-0.2, 0) is 10.2 Å². The van der Waals surface area contributed by atoms with Gasteiger partial charge in [-0.05, 0) is 49.9 Å². The van der Waals surface area contributed by atoms with Gasteiger partial charge < -0.3 is 20.5 Å². The summed E-state index contributed by atoms with van der Waals surface area (Å²) in [5.41, 5.74) is 6.80. The highest BCUT2D eigenvalue weighted by molar-refractivity contribution is 5.76. The molecule has 1 aromatic carbocycles. The third-order valence-electron chi connectivity index (χ3n) is 5.70. The molecule has 0 atom stereocenters. The Morgan fingerprint density at radius 2 is 1.77 bits per heavy atom. The van der Waals surface area contributed by atoms with Gasteiger partial charge in [-0.15, -0.1) is 0 Å². The number of carbonyl (C=O) groups is 1. The number of amides is 1. The molecule has 1 amide bonds. The Morgan fingerprint density at radius 3 is 2.54 bits per heavy atom. The van der Waals surface area contributed by atoms with E-state index in [1.54, 1.807) is 0 Å². The van der Waals surface area contributed by atoms with Crippen molar-refractivity contribution in [2.45, 2.75) is 63.2 Å². The van der Waals surface area contributed by atoms with Gasteiger partial charge in [-0.25, -0.2) is 0 Å². The van der Waals surface area contributed by atoms with Crippen molar-refractivity contribution in [3.63, 3.8) is 0 Å². The SMILES string of the molecule is NCCCCCCC(=O)NCC1(c2ccc3c(c2)OCCO3)CCCC1.